The van der Waals surface area contributed by atoms with Gasteiger partial charge in [0.05, 0.1) is 0 Å². The summed E-state index contributed by atoms with van der Waals surface area (Å²) in [4.78, 5) is 14.9. The van der Waals surface area contributed by atoms with Crippen molar-refractivity contribution in [1.82, 2.24) is 9.55 Å². The number of aryl methyl sites for hydroxylation is 1. The zero-order valence-electron chi connectivity index (χ0n) is 7.46. The lowest BCUT2D eigenvalue weighted by Gasteiger charge is -2.05. The molecule has 0 unspecified atom stereocenters. The quantitative estimate of drug-likeness (QED) is 0.543. The van der Waals surface area contributed by atoms with Crippen molar-refractivity contribution >= 4 is 11.6 Å². The van der Waals surface area contributed by atoms with E-state index in [1.807, 2.05) is 6.92 Å². The van der Waals surface area contributed by atoms with Crippen LogP contribution < -0.4 is 5.69 Å². The summed E-state index contributed by atoms with van der Waals surface area (Å²) in [5, 5.41) is 0. The largest absolute Gasteiger partial charge is 0.347 e. The number of aromatic nitrogens is 2. The van der Waals surface area contributed by atoms with Crippen molar-refractivity contribution in [2.24, 2.45) is 0 Å². The number of hydrogen-bond donors (Lipinski definition) is 0. The van der Waals surface area contributed by atoms with E-state index in [1.165, 1.54) is 4.57 Å². The number of hydrogen-bond acceptors (Lipinski definition) is 2. The van der Waals surface area contributed by atoms with Gasteiger partial charge in [-0.1, -0.05) is 6.58 Å². The normalized spacial score (nSPS) is 10.0. The maximum atomic E-state index is 11.2. The predicted octanol–water partition coefficient (Wildman–Crippen LogP) is 1.35. The summed E-state index contributed by atoms with van der Waals surface area (Å²) in [6, 6.07) is 0. The minimum absolute atomic E-state index is 0.267. The summed E-state index contributed by atoms with van der Waals surface area (Å²) in [5.74, 6) is 0.361. The summed E-state index contributed by atoms with van der Waals surface area (Å²) in [7, 11) is 0. The Balaban J connectivity index is 2.94. The Bertz CT molecular complexity index is 370. The van der Waals surface area contributed by atoms with Crippen LogP contribution in [-0.4, -0.2) is 15.4 Å². The standard InChI is InChI=1S/C9H11ClN2O/c1-7(3-10)5-12-6-8(2)4-11-9(12)13/h4,6H,1,3,5H2,2H3. The molecule has 0 saturated carbocycles. The van der Waals surface area contributed by atoms with E-state index < -0.39 is 0 Å². The predicted molar refractivity (Wildman–Crippen MR) is 53.1 cm³/mol. The fourth-order valence-electron chi connectivity index (χ4n) is 0.962. The summed E-state index contributed by atoms with van der Waals surface area (Å²) < 4.78 is 1.50. The molecule has 3 nitrogen and oxygen atoms in total. The van der Waals surface area contributed by atoms with Crippen LogP contribution >= 0.6 is 11.6 Å². The van der Waals surface area contributed by atoms with Gasteiger partial charge in [-0.3, -0.25) is 4.57 Å². The number of allylic oxidation sites excluding steroid dienone is 1. The van der Waals surface area contributed by atoms with Crippen molar-refractivity contribution in [2.45, 2.75) is 13.5 Å². The van der Waals surface area contributed by atoms with Crippen molar-refractivity contribution in [3.05, 3.63) is 40.6 Å². The van der Waals surface area contributed by atoms with Crippen molar-refractivity contribution in [2.75, 3.05) is 5.88 Å². The Morgan fingerprint density at radius 3 is 3.08 bits per heavy atom. The van der Waals surface area contributed by atoms with Crippen LogP contribution in [0.2, 0.25) is 0 Å². The highest BCUT2D eigenvalue weighted by atomic mass is 35.5. The minimum atomic E-state index is -0.267. The van der Waals surface area contributed by atoms with Gasteiger partial charge in [0, 0.05) is 24.8 Å². The topological polar surface area (TPSA) is 34.9 Å². The highest BCUT2D eigenvalue weighted by Crippen LogP contribution is 1.98. The number of rotatable bonds is 3. The molecule has 1 heterocycles. The van der Waals surface area contributed by atoms with E-state index in [9.17, 15) is 4.79 Å². The van der Waals surface area contributed by atoms with Crippen LogP contribution in [0.15, 0.2) is 29.3 Å². The molecule has 0 aliphatic carbocycles. The molecule has 0 bridgehead atoms. The summed E-state index contributed by atoms with van der Waals surface area (Å²) in [6.07, 6.45) is 3.29. The second kappa shape index (κ2) is 4.23. The highest BCUT2D eigenvalue weighted by molar-refractivity contribution is 6.19. The van der Waals surface area contributed by atoms with E-state index in [2.05, 4.69) is 11.6 Å². The number of halogens is 1. The Hall–Kier alpha value is -1.09. The average molecular weight is 199 g/mol. The van der Waals surface area contributed by atoms with Gasteiger partial charge in [0.2, 0.25) is 0 Å². The van der Waals surface area contributed by atoms with Crippen LogP contribution in [0.25, 0.3) is 0 Å². The van der Waals surface area contributed by atoms with E-state index in [-0.39, 0.29) is 5.69 Å². The molecule has 0 fully saturated rings. The van der Waals surface area contributed by atoms with Gasteiger partial charge < -0.3 is 0 Å². The van der Waals surface area contributed by atoms with E-state index >= 15 is 0 Å². The van der Waals surface area contributed by atoms with Gasteiger partial charge in [0.1, 0.15) is 0 Å². The first-order valence-corrected chi connectivity index (χ1v) is 4.42. The smallest absolute Gasteiger partial charge is 0.295 e. The molecule has 0 atom stereocenters. The molecule has 0 amide bonds. The number of nitrogens with zero attached hydrogens (tertiary/aromatic N) is 2. The van der Waals surface area contributed by atoms with Crippen LogP contribution in [0.3, 0.4) is 0 Å². The van der Waals surface area contributed by atoms with Crippen LogP contribution in [0.1, 0.15) is 5.56 Å². The molecule has 4 heteroatoms. The SMILES string of the molecule is C=C(CCl)Cn1cc(C)cnc1=O. The second-order valence-corrected chi connectivity index (χ2v) is 3.19. The van der Waals surface area contributed by atoms with Crippen molar-refractivity contribution < 1.29 is 0 Å². The Labute approximate surface area is 81.7 Å². The highest BCUT2D eigenvalue weighted by Gasteiger charge is 1.98. The Kier molecular flexibility index (Phi) is 3.25. The molecule has 0 N–H and O–H groups in total. The maximum absolute atomic E-state index is 11.2. The van der Waals surface area contributed by atoms with E-state index in [4.69, 9.17) is 11.6 Å². The molecule has 13 heavy (non-hydrogen) atoms. The molecule has 0 aromatic carbocycles. The lowest BCUT2D eigenvalue weighted by Crippen LogP contribution is -2.23. The molecule has 1 rings (SSSR count). The fraction of sp³-hybridized carbons (Fsp3) is 0.333. The first-order chi connectivity index (χ1) is 6.13. The van der Waals surface area contributed by atoms with Gasteiger partial charge >= 0.3 is 5.69 Å². The first kappa shape index (κ1) is 9.99. The molecule has 0 aliphatic rings. The molecule has 0 saturated heterocycles. The monoisotopic (exact) mass is 198 g/mol. The first-order valence-electron chi connectivity index (χ1n) is 3.89. The lowest BCUT2D eigenvalue weighted by atomic mass is 10.3. The third-order valence-electron chi connectivity index (χ3n) is 1.57. The fourth-order valence-corrected chi connectivity index (χ4v) is 1.05. The molecule has 70 valence electrons. The lowest BCUT2D eigenvalue weighted by molar-refractivity contribution is 0.713. The third-order valence-corrected chi connectivity index (χ3v) is 1.94. The van der Waals surface area contributed by atoms with E-state index in [0.29, 0.717) is 12.4 Å². The summed E-state index contributed by atoms with van der Waals surface area (Å²) in [6.45, 7) is 6.04. The Morgan fingerprint density at radius 1 is 1.77 bits per heavy atom. The van der Waals surface area contributed by atoms with E-state index in [0.717, 1.165) is 11.1 Å². The zero-order chi connectivity index (χ0) is 9.84. The van der Waals surface area contributed by atoms with Crippen LogP contribution in [0.4, 0.5) is 0 Å². The van der Waals surface area contributed by atoms with Crippen molar-refractivity contribution in [3.8, 4) is 0 Å². The molecular weight excluding hydrogens is 188 g/mol. The van der Waals surface area contributed by atoms with Crippen molar-refractivity contribution in [1.29, 1.82) is 0 Å². The molecule has 0 spiro atoms. The maximum Gasteiger partial charge on any atom is 0.347 e. The second-order valence-electron chi connectivity index (χ2n) is 2.93. The summed E-state index contributed by atoms with van der Waals surface area (Å²) in [5.41, 5.74) is 1.48. The van der Waals surface area contributed by atoms with Gasteiger partial charge in [-0.2, -0.15) is 0 Å². The number of alkyl halides is 1. The minimum Gasteiger partial charge on any atom is -0.295 e. The van der Waals surface area contributed by atoms with Gasteiger partial charge in [-0.05, 0) is 18.1 Å². The zero-order valence-corrected chi connectivity index (χ0v) is 8.21. The molecule has 1 aromatic heterocycles. The van der Waals surface area contributed by atoms with Crippen LogP contribution in [-0.2, 0) is 6.54 Å². The van der Waals surface area contributed by atoms with Gasteiger partial charge in [0.25, 0.3) is 0 Å². The summed E-state index contributed by atoms with van der Waals surface area (Å²) >= 11 is 5.56. The van der Waals surface area contributed by atoms with Gasteiger partial charge in [-0.15, -0.1) is 11.6 Å². The van der Waals surface area contributed by atoms with E-state index in [1.54, 1.807) is 12.4 Å². The van der Waals surface area contributed by atoms with Gasteiger partial charge in [0.15, 0.2) is 0 Å². The van der Waals surface area contributed by atoms with Gasteiger partial charge in [-0.25, -0.2) is 9.78 Å². The molecule has 0 radical (unpaired) electrons. The third kappa shape index (κ3) is 2.70. The van der Waals surface area contributed by atoms with Crippen LogP contribution in [0.5, 0.6) is 0 Å². The van der Waals surface area contributed by atoms with Crippen LogP contribution in [0, 0.1) is 6.92 Å². The molecule has 1 aromatic rings. The van der Waals surface area contributed by atoms with Crippen molar-refractivity contribution in [3.63, 3.8) is 0 Å². The molecule has 0 aliphatic heterocycles. The molecular formula is C9H11ClN2O. The average Bonchev–Trinajstić information content (AvgIpc) is 2.11. The Morgan fingerprint density at radius 2 is 2.46 bits per heavy atom.